The highest BCUT2D eigenvalue weighted by molar-refractivity contribution is 7.90. The van der Waals surface area contributed by atoms with Crippen LogP contribution in [0.25, 0.3) is 11.6 Å². The first-order valence-corrected chi connectivity index (χ1v) is 9.39. The van der Waals surface area contributed by atoms with Crippen LogP contribution in [0.3, 0.4) is 0 Å². The van der Waals surface area contributed by atoms with E-state index in [0.29, 0.717) is 5.57 Å². The minimum atomic E-state index is -1.06. The number of hydrogen-bond donors (Lipinski definition) is 2. The third-order valence-corrected chi connectivity index (χ3v) is 5.46. The Morgan fingerprint density at radius 2 is 2.04 bits per heavy atom. The Balaban J connectivity index is 1.76. The number of hydrogen-bond acceptors (Lipinski definition) is 2. The van der Waals surface area contributed by atoms with Gasteiger partial charge in [-0.1, -0.05) is 0 Å². The van der Waals surface area contributed by atoms with E-state index in [2.05, 4.69) is 16.4 Å². The minimum Gasteiger partial charge on any atom is -0.612 e. The first-order valence-electron chi connectivity index (χ1n) is 7.83. The number of carbonyl (C=O) groups is 1. The van der Waals surface area contributed by atoms with Crippen molar-refractivity contribution >= 4 is 34.4 Å². The summed E-state index contributed by atoms with van der Waals surface area (Å²) in [4.78, 5) is 16.5. The van der Waals surface area contributed by atoms with E-state index in [1.54, 1.807) is 12.3 Å². The minimum absolute atomic E-state index is 0.105. The lowest BCUT2D eigenvalue weighted by atomic mass is 9.98. The highest BCUT2D eigenvalue weighted by Crippen LogP contribution is 2.35. The maximum absolute atomic E-state index is 12.3. The van der Waals surface area contributed by atoms with Crippen LogP contribution >= 0.6 is 0 Å². The maximum atomic E-state index is 12.3. The molecule has 0 fully saturated rings. The first-order chi connectivity index (χ1) is 11.1. The average Bonchev–Trinajstić information content (AvgIpc) is 3.08. The molecule has 4 nitrogen and oxygen atoms in total. The predicted octanol–water partition coefficient (Wildman–Crippen LogP) is 3.12. The predicted molar refractivity (Wildman–Crippen MR) is 92.7 cm³/mol. The van der Waals surface area contributed by atoms with Gasteiger partial charge < -0.3 is 14.9 Å². The molecule has 1 amide bonds. The number of aromatic amines is 1. The zero-order valence-electron chi connectivity index (χ0n) is 12.9. The molecule has 1 aromatic heterocycles. The number of aromatic nitrogens is 1. The first kappa shape index (κ1) is 14.6. The van der Waals surface area contributed by atoms with Gasteiger partial charge in [0.05, 0.1) is 5.57 Å². The number of fused-ring (bicyclic) bond motifs is 2. The lowest BCUT2D eigenvalue weighted by Crippen LogP contribution is -2.03. The summed E-state index contributed by atoms with van der Waals surface area (Å²) in [5, 5.41) is 2.88. The summed E-state index contributed by atoms with van der Waals surface area (Å²) in [5.41, 5.74) is 5.88. The smallest absolute Gasteiger partial charge is 0.256 e. The van der Waals surface area contributed by atoms with Crippen molar-refractivity contribution in [3.05, 3.63) is 46.8 Å². The standard InChI is InChI=1S/C18H18N2O2S/c1-23(22)13-6-7-17-14(10-13)15(18(21)20-17)9-12-8-11-4-2-3-5-16(11)19-12/h6-10,19H,2-5H2,1H3,(H,20,21)/b15-9-. The molecule has 5 heteroatoms. The average molecular weight is 326 g/mol. The van der Waals surface area contributed by atoms with Crippen LogP contribution in [-0.4, -0.2) is 21.7 Å². The molecule has 1 aromatic carbocycles. The van der Waals surface area contributed by atoms with Crippen LogP contribution in [0, 0.1) is 0 Å². The summed E-state index contributed by atoms with van der Waals surface area (Å²) in [6.07, 6.45) is 8.20. The molecule has 118 valence electrons. The molecule has 2 N–H and O–H groups in total. The van der Waals surface area contributed by atoms with Gasteiger partial charge in [-0.2, -0.15) is 0 Å². The van der Waals surface area contributed by atoms with Crippen molar-refractivity contribution < 1.29 is 9.35 Å². The monoisotopic (exact) mass is 326 g/mol. The topological polar surface area (TPSA) is 67.9 Å². The second-order valence-corrected chi connectivity index (χ2v) is 7.49. The molecule has 4 rings (SSSR count). The Hall–Kier alpha value is -1.98. The van der Waals surface area contributed by atoms with E-state index in [9.17, 15) is 9.35 Å². The largest absolute Gasteiger partial charge is 0.612 e. The van der Waals surface area contributed by atoms with E-state index in [1.807, 2.05) is 18.2 Å². The quantitative estimate of drug-likeness (QED) is 0.658. The molecule has 0 spiro atoms. The van der Waals surface area contributed by atoms with Gasteiger partial charge in [-0.05, 0) is 66.7 Å². The molecule has 0 bridgehead atoms. The summed E-state index contributed by atoms with van der Waals surface area (Å²) < 4.78 is 11.7. The number of rotatable bonds is 2. The molecule has 2 heterocycles. The van der Waals surface area contributed by atoms with Gasteiger partial charge in [-0.25, -0.2) is 0 Å². The Morgan fingerprint density at radius 3 is 2.83 bits per heavy atom. The summed E-state index contributed by atoms with van der Waals surface area (Å²) >= 11 is -1.06. The lowest BCUT2D eigenvalue weighted by Gasteiger charge is -2.08. The molecule has 1 unspecified atom stereocenters. The highest BCUT2D eigenvalue weighted by Gasteiger charge is 2.26. The fourth-order valence-electron chi connectivity index (χ4n) is 3.35. The third kappa shape index (κ3) is 2.60. The van der Waals surface area contributed by atoms with Gasteiger partial charge in [0.1, 0.15) is 6.26 Å². The fraction of sp³-hybridized carbons (Fsp3) is 0.278. The number of amides is 1. The van der Waals surface area contributed by atoms with Gasteiger partial charge in [0, 0.05) is 28.7 Å². The van der Waals surface area contributed by atoms with Gasteiger partial charge in [-0.15, -0.1) is 0 Å². The van der Waals surface area contributed by atoms with E-state index in [4.69, 9.17) is 0 Å². The van der Waals surface area contributed by atoms with E-state index in [1.165, 1.54) is 24.1 Å². The number of benzene rings is 1. The fourth-order valence-corrected chi connectivity index (χ4v) is 3.89. The van der Waals surface area contributed by atoms with Crippen LogP contribution < -0.4 is 5.32 Å². The molecule has 0 radical (unpaired) electrons. The van der Waals surface area contributed by atoms with Crippen molar-refractivity contribution in [2.24, 2.45) is 0 Å². The SMILES string of the molecule is C[S+]([O-])c1ccc2c(c1)/C(=C/c1cc3c([nH]1)CCCC3)C(=O)N2. The van der Waals surface area contributed by atoms with E-state index >= 15 is 0 Å². The number of nitrogens with one attached hydrogen (secondary N) is 2. The van der Waals surface area contributed by atoms with Crippen LogP contribution in [0.5, 0.6) is 0 Å². The van der Waals surface area contributed by atoms with Gasteiger partial charge in [-0.3, -0.25) is 4.79 Å². The van der Waals surface area contributed by atoms with Crippen molar-refractivity contribution in [3.8, 4) is 0 Å². The molecular weight excluding hydrogens is 308 g/mol. The van der Waals surface area contributed by atoms with Crippen molar-refractivity contribution in [1.29, 1.82) is 0 Å². The molecule has 1 atom stereocenters. The molecule has 1 aliphatic carbocycles. The summed E-state index contributed by atoms with van der Waals surface area (Å²) in [6, 6.07) is 7.61. The van der Waals surface area contributed by atoms with E-state index in [-0.39, 0.29) is 5.91 Å². The van der Waals surface area contributed by atoms with Crippen LogP contribution in [0.1, 0.15) is 35.4 Å². The van der Waals surface area contributed by atoms with Crippen molar-refractivity contribution in [1.82, 2.24) is 4.98 Å². The third-order valence-electron chi connectivity index (χ3n) is 4.54. The summed E-state index contributed by atoms with van der Waals surface area (Å²) in [6.45, 7) is 0. The van der Waals surface area contributed by atoms with Crippen LogP contribution in [0.15, 0.2) is 29.2 Å². The summed E-state index contributed by atoms with van der Waals surface area (Å²) in [7, 11) is 0. The molecule has 0 saturated heterocycles. The number of anilines is 1. The van der Waals surface area contributed by atoms with Gasteiger partial charge in [0.2, 0.25) is 0 Å². The van der Waals surface area contributed by atoms with Crippen LogP contribution in [-0.2, 0) is 28.8 Å². The molecular formula is C18H18N2O2S. The zero-order valence-corrected chi connectivity index (χ0v) is 13.8. The van der Waals surface area contributed by atoms with Crippen molar-refractivity contribution in [2.45, 2.75) is 30.6 Å². The summed E-state index contributed by atoms with van der Waals surface area (Å²) in [5.74, 6) is -0.105. The number of aryl methyl sites for hydroxylation is 2. The van der Waals surface area contributed by atoms with Crippen LogP contribution in [0.2, 0.25) is 0 Å². The normalized spacial score (nSPS) is 19.4. The van der Waals surface area contributed by atoms with Gasteiger partial charge in [0.25, 0.3) is 5.91 Å². The second-order valence-electron chi connectivity index (χ2n) is 6.11. The number of carbonyl (C=O) groups excluding carboxylic acids is 1. The highest BCUT2D eigenvalue weighted by atomic mass is 32.2. The number of H-pyrrole nitrogens is 1. The molecule has 2 aliphatic rings. The maximum Gasteiger partial charge on any atom is 0.256 e. The second kappa shape index (κ2) is 5.58. The van der Waals surface area contributed by atoms with Gasteiger partial charge in [0.15, 0.2) is 4.90 Å². The van der Waals surface area contributed by atoms with Crippen molar-refractivity contribution in [2.75, 3.05) is 11.6 Å². The Morgan fingerprint density at radius 1 is 1.22 bits per heavy atom. The molecule has 23 heavy (non-hydrogen) atoms. The van der Waals surface area contributed by atoms with Crippen molar-refractivity contribution in [3.63, 3.8) is 0 Å². The van der Waals surface area contributed by atoms with E-state index in [0.717, 1.165) is 34.7 Å². The van der Waals surface area contributed by atoms with E-state index < -0.39 is 11.2 Å². The molecule has 0 saturated carbocycles. The Labute approximate surface area is 138 Å². The Kier molecular flexibility index (Phi) is 3.54. The molecule has 1 aliphatic heterocycles. The van der Waals surface area contributed by atoms with Gasteiger partial charge >= 0.3 is 0 Å². The lowest BCUT2D eigenvalue weighted by molar-refractivity contribution is -0.110. The zero-order chi connectivity index (χ0) is 16.0. The van der Waals surface area contributed by atoms with Crippen LogP contribution in [0.4, 0.5) is 5.69 Å². The Bertz CT molecular complexity index is 797. The molecule has 2 aromatic rings.